The van der Waals surface area contributed by atoms with Gasteiger partial charge in [-0.3, -0.25) is 19.4 Å². The third-order valence-corrected chi connectivity index (χ3v) is 7.74. The molecule has 3 aromatic heterocycles. The monoisotopic (exact) mass is 708 g/mol. The smallest absolute Gasteiger partial charge is 0.326 e. The number of nitrogens with two attached hydrogens (primary N) is 2. The van der Waals surface area contributed by atoms with Gasteiger partial charge in [0.25, 0.3) is 0 Å². The van der Waals surface area contributed by atoms with Crippen LogP contribution in [0.25, 0.3) is 33.0 Å². The maximum atomic E-state index is 13.9. The van der Waals surface area contributed by atoms with Crippen LogP contribution in [-0.4, -0.2) is 80.6 Å². The highest BCUT2D eigenvalue weighted by Crippen LogP contribution is 2.39. The molecule has 20 heteroatoms. The lowest BCUT2D eigenvalue weighted by Crippen LogP contribution is -2.42. The van der Waals surface area contributed by atoms with E-state index in [0.717, 1.165) is 23.1 Å². The summed E-state index contributed by atoms with van der Waals surface area (Å²) in [5, 5.41) is 70.9. The molecular formula is C31H32N8O12. The Morgan fingerprint density at radius 1 is 1.04 bits per heavy atom. The number of carbonyl (C=O) groups excluding carboxylic acids is 1. The van der Waals surface area contributed by atoms with Crippen molar-refractivity contribution in [1.29, 1.82) is 0 Å². The molecule has 2 aromatic carbocycles. The van der Waals surface area contributed by atoms with E-state index in [-0.39, 0.29) is 58.7 Å². The zero-order chi connectivity index (χ0) is 37.1. The normalized spacial score (nSPS) is 12.5. The molecule has 268 valence electrons. The highest BCUT2D eigenvalue weighted by molar-refractivity contribution is 5.91. The second kappa shape index (κ2) is 14.4. The van der Waals surface area contributed by atoms with Crippen molar-refractivity contribution in [3.8, 4) is 34.1 Å². The number of phenolic OH excluding ortho intramolecular Hbond substituents is 4. The van der Waals surface area contributed by atoms with E-state index in [1.165, 1.54) is 30.1 Å². The van der Waals surface area contributed by atoms with Gasteiger partial charge in [-0.25, -0.2) is 9.48 Å². The highest BCUT2D eigenvalue weighted by Gasteiger charge is 2.27. The van der Waals surface area contributed by atoms with E-state index in [1.807, 2.05) is 0 Å². The molecule has 0 bridgehead atoms. The molecule has 5 aromatic rings. The number of carboxylic acid groups (broad SMARTS) is 1. The Morgan fingerprint density at radius 3 is 2.47 bits per heavy atom. The average molecular weight is 709 g/mol. The number of hydrogen-bond donors (Lipinski definition) is 9. The third kappa shape index (κ3) is 7.50. The van der Waals surface area contributed by atoms with Crippen molar-refractivity contribution < 1.29 is 49.4 Å². The number of pyridine rings is 1. The lowest BCUT2D eigenvalue weighted by atomic mass is 10.0. The van der Waals surface area contributed by atoms with Crippen molar-refractivity contribution in [3.05, 3.63) is 68.6 Å². The number of carbonyl (C=O) groups is 2. The van der Waals surface area contributed by atoms with Crippen LogP contribution >= 0.6 is 0 Å². The number of aliphatic carboxylic acids is 1. The largest absolute Gasteiger partial charge is 0.504 e. The Hall–Kier alpha value is -6.67. The summed E-state index contributed by atoms with van der Waals surface area (Å²) >= 11 is 0. The second-order valence-corrected chi connectivity index (χ2v) is 11.3. The third-order valence-electron chi connectivity index (χ3n) is 7.74. The number of aliphatic hydroxyl groups is 1. The van der Waals surface area contributed by atoms with Crippen molar-refractivity contribution in [3.63, 3.8) is 0 Å². The molecule has 5 rings (SSSR count). The van der Waals surface area contributed by atoms with Crippen LogP contribution in [0.3, 0.4) is 0 Å². The van der Waals surface area contributed by atoms with Crippen LogP contribution < -0.4 is 27.6 Å². The number of fused-ring (bicyclic) bond motifs is 2. The van der Waals surface area contributed by atoms with E-state index in [0.29, 0.717) is 0 Å². The number of hydrogen-bond acceptors (Lipinski definition) is 14. The molecule has 1 unspecified atom stereocenters. The Kier molecular flexibility index (Phi) is 10.1. The van der Waals surface area contributed by atoms with E-state index in [4.69, 9.17) is 20.6 Å². The van der Waals surface area contributed by atoms with Gasteiger partial charge in [-0.1, -0.05) is 5.21 Å². The fourth-order valence-corrected chi connectivity index (χ4v) is 5.29. The second-order valence-electron chi connectivity index (χ2n) is 11.3. The first-order valence-electron chi connectivity index (χ1n) is 15.0. The first-order valence-corrected chi connectivity index (χ1v) is 15.0. The fourth-order valence-electron chi connectivity index (χ4n) is 5.29. The quantitative estimate of drug-likeness (QED) is 0.0246. The molecule has 2 atom stereocenters. The molecule has 0 spiro atoms. The average Bonchev–Trinajstić information content (AvgIpc) is 3.51. The fraction of sp³-hybridized carbons (Fsp3) is 0.258. The predicted octanol–water partition coefficient (Wildman–Crippen LogP) is -0.443. The molecule has 11 N–H and O–H groups in total. The van der Waals surface area contributed by atoms with Gasteiger partial charge in [0, 0.05) is 31.9 Å². The van der Waals surface area contributed by atoms with Gasteiger partial charge in [-0.05, 0) is 18.9 Å². The van der Waals surface area contributed by atoms with Crippen LogP contribution in [0, 0.1) is 0 Å². The summed E-state index contributed by atoms with van der Waals surface area (Å²) < 4.78 is 13.5. The minimum absolute atomic E-state index is 0.0336. The Balaban J connectivity index is 1.36. The summed E-state index contributed by atoms with van der Waals surface area (Å²) in [5.74, 6) is -4.81. The van der Waals surface area contributed by atoms with Crippen molar-refractivity contribution >= 4 is 39.7 Å². The van der Waals surface area contributed by atoms with Gasteiger partial charge in [-0.15, -0.1) is 5.10 Å². The number of nitrogens with one attached hydrogen (secondary N) is 1. The number of guanidine groups is 1. The van der Waals surface area contributed by atoms with Crippen molar-refractivity contribution in [1.82, 2.24) is 24.9 Å². The Labute approximate surface area is 285 Å². The summed E-state index contributed by atoms with van der Waals surface area (Å²) in [6, 6.07) is 1.93. The molecule has 51 heavy (non-hydrogen) atoms. The molecule has 0 saturated heterocycles. The Morgan fingerprint density at radius 2 is 1.76 bits per heavy atom. The molecule has 0 fully saturated rings. The molecule has 0 aliphatic heterocycles. The minimum atomic E-state index is -2.08. The zero-order valence-electron chi connectivity index (χ0n) is 26.7. The summed E-state index contributed by atoms with van der Waals surface area (Å²) in [6.45, 7) is -0.746. The van der Waals surface area contributed by atoms with Crippen molar-refractivity contribution in [2.75, 3.05) is 6.54 Å². The first-order chi connectivity index (χ1) is 24.2. The van der Waals surface area contributed by atoms with E-state index >= 15 is 0 Å². The van der Waals surface area contributed by atoms with Crippen LogP contribution in [0.2, 0.25) is 0 Å². The number of rotatable bonds is 13. The van der Waals surface area contributed by atoms with Gasteiger partial charge in [0.1, 0.15) is 30.1 Å². The number of aryl methyl sites for hydroxylation is 1. The number of carboxylic acids is 1. The molecule has 1 amide bonds. The number of amides is 1. The van der Waals surface area contributed by atoms with Crippen LogP contribution in [0.5, 0.6) is 23.0 Å². The lowest BCUT2D eigenvalue weighted by Gasteiger charge is -2.16. The number of nitrogens with zero attached hydrogens (tertiary/aromatic N) is 5. The standard InChI is InChI=1S/C31H32N8O12/c1-38-9-15(26(44)14-5-19(40)20(41)6-18(14)38)16-12-50-22-7-21(42)28(46)25(24(22)27(16)45)30(49)51-11-13-8-39(37-36-13)10-23(43)35-17(29(47)48)3-2-4-34-31(32)33/h5-9,12,17,30,40-42,46,49H,2-4,10-11H2,1H3,(H,35,43)(H,47,48)(H4,32,33,34)/t17-,30?/m0/s1. The van der Waals surface area contributed by atoms with Crippen LogP contribution in [0.4, 0.5) is 0 Å². The number of ether oxygens (including phenoxy) is 1. The summed E-state index contributed by atoms with van der Waals surface area (Å²) in [7, 11) is 1.53. The molecule has 0 saturated carbocycles. The number of aromatic hydroxyl groups is 4. The first kappa shape index (κ1) is 35.6. The molecule has 20 nitrogen and oxygen atoms in total. The minimum Gasteiger partial charge on any atom is -0.504 e. The highest BCUT2D eigenvalue weighted by atomic mass is 16.6. The van der Waals surface area contributed by atoms with Crippen LogP contribution in [-0.2, 0) is 34.5 Å². The maximum Gasteiger partial charge on any atom is 0.326 e. The van der Waals surface area contributed by atoms with Gasteiger partial charge < -0.3 is 61.1 Å². The summed E-state index contributed by atoms with van der Waals surface area (Å²) in [6.07, 6.45) is 1.78. The number of aliphatic hydroxyl groups excluding tert-OH is 1. The van der Waals surface area contributed by atoms with Crippen molar-refractivity contribution in [2.24, 2.45) is 23.5 Å². The molecular weight excluding hydrogens is 676 g/mol. The van der Waals surface area contributed by atoms with Gasteiger partial charge >= 0.3 is 5.97 Å². The number of aromatic nitrogens is 4. The Bertz CT molecular complexity index is 2310. The SMILES string of the molecule is Cn1cc(-c2coc3cc(O)c(O)c(C(O)OCc4cn(CC(=O)N[C@@H](CCCN=C(N)N)C(=O)O)nn4)c3c2=O)c(=O)c2cc(O)c(O)cc21. The number of aliphatic imine (C=N–C) groups is 1. The topological polar surface area (TPSA) is 324 Å². The van der Waals surface area contributed by atoms with Gasteiger partial charge in [0.2, 0.25) is 11.3 Å². The number of benzene rings is 2. The van der Waals surface area contributed by atoms with E-state index in [1.54, 1.807) is 0 Å². The lowest BCUT2D eigenvalue weighted by molar-refractivity contribution is -0.142. The maximum absolute atomic E-state index is 13.9. The number of phenols is 4. The molecule has 3 heterocycles. The van der Waals surface area contributed by atoms with Gasteiger partial charge in [0.15, 0.2) is 40.7 Å². The van der Waals surface area contributed by atoms with Crippen LogP contribution in [0.1, 0.15) is 30.4 Å². The van der Waals surface area contributed by atoms with E-state index in [9.17, 15) is 49.8 Å². The van der Waals surface area contributed by atoms with Gasteiger partial charge in [-0.2, -0.15) is 0 Å². The van der Waals surface area contributed by atoms with Crippen molar-refractivity contribution in [2.45, 2.75) is 38.3 Å². The molecule has 0 aliphatic rings. The van der Waals surface area contributed by atoms with E-state index in [2.05, 4.69) is 20.6 Å². The van der Waals surface area contributed by atoms with Gasteiger partial charge in [0.05, 0.1) is 45.8 Å². The summed E-state index contributed by atoms with van der Waals surface area (Å²) in [4.78, 5) is 55.1. The summed E-state index contributed by atoms with van der Waals surface area (Å²) in [5.41, 5.74) is 7.87. The van der Waals surface area contributed by atoms with Crippen LogP contribution in [0.15, 0.2) is 55.9 Å². The molecule has 0 aliphatic carbocycles. The van der Waals surface area contributed by atoms with E-state index < -0.39 is 82.2 Å². The zero-order valence-corrected chi connectivity index (χ0v) is 26.7. The molecule has 0 radical (unpaired) electrons. The predicted molar refractivity (Wildman–Crippen MR) is 177 cm³/mol.